The van der Waals surface area contributed by atoms with E-state index in [2.05, 4.69) is 38.2 Å². The zero-order chi connectivity index (χ0) is 10.5. The Hall–Kier alpha value is 0.180. The first-order valence-corrected chi connectivity index (χ1v) is 7.95. The summed E-state index contributed by atoms with van der Waals surface area (Å²) < 4.78 is 0. The lowest BCUT2D eigenvalue weighted by Crippen LogP contribution is -1.75. The topological polar surface area (TPSA) is 0 Å². The predicted molar refractivity (Wildman–Crippen MR) is 73.0 cm³/mol. The monoisotopic (exact) mass is 230 g/mol. The van der Waals surface area contributed by atoms with Gasteiger partial charge in [-0.15, -0.1) is 0 Å². The average molecular weight is 230 g/mol. The largest absolute Gasteiger partial charge is 0.0938 e. The van der Waals surface area contributed by atoms with E-state index < -0.39 is 0 Å². The number of hydrogen-bond acceptors (Lipinski definition) is 2. The van der Waals surface area contributed by atoms with E-state index in [9.17, 15) is 0 Å². The third kappa shape index (κ3) is 12.2. The van der Waals surface area contributed by atoms with Crippen molar-refractivity contribution in [1.29, 1.82) is 0 Å². The van der Waals surface area contributed by atoms with Crippen LogP contribution in [-0.2, 0) is 0 Å². The van der Waals surface area contributed by atoms with Crippen LogP contribution in [-0.4, -0.2) is 11.5 Å². The van der Waals surface area contributed by atoms with E-state index in [1.165, 1.54) is 37.2 Å². The number of allylic oxidation sites excluding steroid dienone is 4. The first-order valence-electron chi connectivity index (χ1n) is 5.46. The molecule has 0 spiro atoms. The summed E-state index contributed by atoms with van der Waals surface area (Å²) in [5, 5.41) is 0. The Morgan fingerprint density at radius 2 is 1.14 bits per heavy atom. The zero-order valence-electron chi connectivity index (χ0n) is 9.37. The van der Waals surface area contributed by atoms with E-state index in [4.69, 9.17) is 0 Å². The average Bonchev–Trinajstić information content (AvgIpc) is 2.21. The highest BCUT2D eigenvalue weighted by Crippen LogP contribution is 2.22. The summed E-state index contributed by atoms with van der Waals surface area (Å²) in [4.78, 5) is 0. The van der Waals surface area contributed by atoms with E-state index in [1.54, 1.807) is 0 Å². The van der Waals surface area contributed by atoms with Crippen LogP contribution >= 0.6 is 21.6 Å². The van der Waals surface area contributed by atoms with Gasteiger partial charge in [0.15, 0.2) is 0 Å². The Labute approximate surface area is 97.0 Å². The van der Waals surface area contributed by atoms with Gasteiger partial charge < -0.3 is 0 Å². The lowest BCUT2D eigenvalue weighted by molar-refractivity contribution is 1.16. The minimum atomic E-state index is 1.17. The maximum Gasteiger partial charge on any atom is 0.00715 e. The normalized spacial score (nSPS) is 11.9. The molecular weight excluding hydrogens is 208 g/mol. The van der Waals surface area contributed by atoms with Crippen LogP contribution in [0.15, 0.2) is 24.3 Å². The molecule has 0 aliphatic carbocycles. The van der Waals surface area contributed by atoms with Crippen molar-refractivity contribution >= 4 is 21.6 Å². The summed E-state index contributed by atoms with van der Waals surface area (Å²) in [5.41, 5.74) is 0. The quantitative estimate of drug-likeness (QED) is 0.308. The van der Waals surface area contributed by atoms with Crippen molar-refractivity contribution in [1.82, 2.24) is 0 Å². The predicted octanol–water partition coefficient (Wildman–Crippen LogP) is 5.08. The molecule has 0 saturated carbocycles. The molecule has 0 radical (unpaired) electrons. The smallest absolute Gasteiger partial charge is 0.00715 e. The van der Waals surface area contributed by atoms with Crippen molar-refractivity contribution in [2.45, 2.75) is 39.5 Å². The zero-order valence-corrected chi connectivity index (χ0v) is 11.0. The van der Waals surface area contributed by atoms with E-state index in [1.807, 2.05) is 21.6 Å². The molecule has 0 nitrogen and oxygen atoms in total. The molecule has 0 aliphatic heterocycles. The highest BCUT2D eigenvalue weighted by Gasteiger charge is 1.87. The Morgan fingerprint density at radius 3 is 1.50 bits per heavy atom. The van der Waals surface area contributed by atoms with Gasteiger partial charge in [-0.2, -0.15) is 0 Å². The molecule has 0 bridgehead atoms. The van der Waals surface area contributed by atoms with Gasteiger partial charge in [0.2, 0.25) is 0 Å². The van der Waals surface area contributed by atoms with Gasteiger partial charge in [-0.25, -0.2) is 0 Å². The third-order valence-corrected chi connectivity index (χ3v) is 4.10. The van der Waals surface area contributed by atoms with Crippen LogP contribution in [0.2, 0.25) is 0 Å². The van der Waals surface area contributed by atoms with Crippen LogP contribution in [0.4, 0.5) is 0 Å². The number of hydrogen-bond donors (Lipinski definition) is 0. The molecule has 14 heavy (non-hydrogen) atoms. The van der Waals surface area contributed by atoms with Crippen LogP contribution in [0.3, 0.4) is 0 Å². The van der Waals surface area contributed by atoms with E-state index >= 15 is 0 Å². The van der Waals surface area contributed by atoms with Gasteiger partial charge in [-0.1, -0.05) is 59.7 Å². The molecule has 2 heteroatoms. The van der Waals surface area contributed by atoms with E-state index in [0.29, 0.717) is 0 Å². The van der Waals surface area contributed by atoms with Crippen LogP contribution in [0.25, 0.3) is 0 Å². The molecule has 0 saturated heterocycles. The molecule has 0 aromatic carbocycles. The van der Waals surface area contributed by atoms with Gasteiger partial charge in [0.25, 0.3) is 0 Å². The summed E-state index contributed by atoms with van der Waals surface area (Å²) in [6.45, 7) is 4.36. The molecule has 0 N–H and O–H groups in total. The van der Waals surface area contributed by atoms with Gasteiger partial charge in [0.05, 0.1) is 0 Å². The maximum atomic E-state index is 2.28. The molecule has 0 aromatic rings. The van der Waals surface area contributed by atoms with Gasteiger partial charge >= 0.3 is 0 Å². The molecule has 0 heterocycles. The second-order valence-electron chi connectivity index (χ2n) is 2.98. The van der Waals surface area contributed by atoms with Crippen molar-refractivity contribution in [2.75, 3.05) is 11.5 Å². The highest BCUT2D eigenvalue weighted by atomic mass is 33.1. The summed E-state index contributed by atoms with van der Waals surface area (Å²) in [5.74, 6) is 2.50. The Kier molecular flexibility index (Phi) is 13.3. The Morgan fingerprint density at radius 1 is 0.714 bits per heavy atom. The van der Waals surface area contributed by atoms with Crippen LogP contribution in [0, 0.1) is 0 Å². The lowest BCUT2D eigenvalue weighted by atomic mass is 10.4. The standard InChI is InChI=1S/C12H22S2/c1-3-5-7-9-11-13-14-12-10-8-6-4-2/h5-8H,3-4,9-12H2,1-2H3/b7-5-,8-6-. The van der Waals surface area contributed by atoms with E-state index in [-0.39, 0.29) is 0 Å². The minimum absolute atomic E-state index is 1.17. The fourth-order valence-corrected chi connectivity index (χ4v) is 2.90. The molecule has 0 rings (SSSR count). The summed E-state index contributed by atoms with van der Waals surface area (Å²) in [7, 11) is 3.99. The summed E-state index contributed by atoms with van der Waals surface area (Å²) >= 11 is 0. The Balaban J connectivity index is 2.99. The molecular formula is C12H22S2. The van der Waals surface area contributed by atoms with Crippen molar-refractivity contribution in [3.05, 3.63) is 24.3 Å². The molecule has 0 aromatic heterocycles. The minimum Gasteiger partial charge on any atom is -0.0938 e. The first-order chi connectivity index (χ1) is 6.91. The van der Waals surface area contributed by atoms with Crippen LogP contribution in [0.1, 0.15) is 39.5 Å². The maximum absolute atomic E-state index is 2.28. The van der Waals surface area contributed by atoms with Crippen molar-refractivity contribution in [2.24, 2.45) is 0 Å². The molecule has 0 unspecified atom stereocenters. The summed E-state index contributed by atoms with van der Waals surface area (Å²) in [6.07, 6.45) is 13.8. The van der Waals surface area contributed by atoms with Gasteiger partial charge in [0.1, 0.15) is 0 Å². The second kappa shape index (κ2) is 13.2. The van der Waals surface area contributed by atoms with Crippen molar-refractivity contribution in [3.63, 3.8) is 0 Å². The van der Waals surface area contributed by atoms with Gasteiger partial charge in [-0.05, 0) is 25.7 Å². The van der Waals surface area contributed by atoms with Crippen LogP contribution < -0.4 is 0 Å². The third-order valence-electron chi connectivity index (χ3n) is 1.62. The molecule has 0 atom stereocenters. The Bertz CT molecular complexity index is 132. The van der Waals surface area contributed by atoms with Gasteiger partial charge in [-0.3, -0.25) is 0 Å². The molecule has 82 valence electrons. The molecule has 0 aliphatic rings. The SMILES string of the molecule is CC/C=C\CCSSCC/C=C\CC. The fraction of sp³-hybridized carbons (Fsp3) is 0.667. The molecule has 0 amide bonds. The van der Waals surface area contributed by atoms with Crippen molar-refractivity contribution < 1.29 is 0 Å². The highest BCUT2D eigenvalue weighted by molar-refractivity contribution is 8.76. The van der Waals surface area contributed by atoms with Gasteiger partial charge in [0, 0.05) is 11.5 Å². The van der Waals surface area contributed by atoms with Crippen LogP contribution in [0.5, 0.6) is 0 Å². The van der Waals surface area contributed by atoms with E-state index in [0.717, 1.165) is 0 Å². The second-order valence-corrected chi connectivity index (χ2v) is 5.68. The fourth-order valence-electron chi connectivity index (χ4n) is 0.919. The number of rotatable bonds is 9. The lowest BCUT2D eigenvalue weighted by Gasteiger charge is -1.96. The first kappa shape index (κ1) is 14.2. The summed E-state index contributed by atoms with van der Waals surface area (Å²) in [6, 6.07) is 0. The molecule has 0 fully saturated rings. The van der Waals surface area contributed by atoms with Crippen molar-refractivity contribution in [3.8, 4) is 0 Å².